The highest BCUT2D eigenvalue weighted by Crippen LogP contribution is 2.40. The van der Waals surface area contributed by atoms with Gasteiger partial charge in [0.15, 0.2) is 0 Å². The smallest absolute Gasteiger partial charge is 0.389 e. The Labute approximate surface area is 122 Å². The van der Waals surface area contributed by atoms with Gasteiger partial charge in [-0.15, -0.1) is 0 Å². The second-order valence-corrected chi connectivity index (χ2v) is 6.51. The molecule has 0 amide bonds. The van der Waals surface area contributed by atoms with Gasteiger partial charge in [0.2, 0.25) is 0 Å². The van der Waals surface area contributed by atoms with E-state index in [1.54, 1.807) is 11.8 Å². The number of halogens is 3. The number of β-amino-alcohol motifs (C(OH)–C–C–N with tert-alkyl or cyclic N) is 1. The Kier molecular flexibility index (Phi) is 5.18. The predicted molar refractivity (Wildman–Crippen MR) is 70.6 cm³/mol. The molecule has 0 aromatic rings. The van der Waals surface area contributed by atoms with Gasteiger partial charge in [0.05, 0.1) is 18.1 Å². The maximum Gasteiger partial charge on any atom is 0.391 e. The Morgan fingerprint density at radius 1 is 1.10 bits per heavy atom. The van der Waals surface area contributed by atoms with Crippen molar-refractivity contribution >= 4 is 0 Å². The van der Waals surface area contributed by atoms with Crippen molar-refractivity contribution in [1.29, 1.82) is 0 Å². The first kappa shape index (κ1) is 17.0. The molecule has 0 unspecified atom stereocenters. The van der Waals surface area contributed by atoms with Gasteiger partial charge < -0.3 is 15.3 Å². The van der Waals surface area contributed by atoms with E-state index in [1.165, 1.54) is 0 Å². The van der Waals surface area contributed by atoms with Crippen LogP contribution in [0.5, 0.6) is 0 Å². The maximum atomic E-state index is 12.8. The van der Waals surface area contributed by atoms with E-state index < -0.39 is 30.4 Å². The minimum Gasteiger partial charge on any atom is -0.389 e. The highest BCUT2D eigenvalue weighted by Gasteiger charge is 2.44. The molecule has 1 saturated carbocycles. The van der Waals surface area contributed by atoms with Gasteiger partial charge in [-0.05, 0) is 32.1 Å². The molecule has 21 heavy (non-hydrogen) atoms. The van der Waals surface area contributed by atoms with E-state index in [-0.39, 0.29) is 31.3 Å². The van der Waals surface area contributed by atoms with Crippen LogP contribution in [0.15, 0.2) is 0 Å². The van der Waals surface area contributed by atoms with Gasteiger partial charge in [-0.3, -0.25) is 4.90 Å². The highest BCUT2D eigenvalue weighted by atomic mass is 19.4. The standard InChI is InChI=1S/C14H24F3NO3/c1-8-12(20)13(21)11(19)7-18(8)6-9-3-2-4-10(5-9)14(15,16)17/h8-13,19-21H,2-7H2,1H3/t8-,9+,10+,11+,12-,13-/m1/s1. The van der Waals surface area contributed by atoms with E-state index in [0.29, 0.717) is 13.0 Å². The zero-order valence-corrected chi connectivity index (χ0v) is 12.1. The molecule has 0 spiro atoms. The average Bonchev–Trinajstić information content (AvgIpc) is 2.42. The summed E-state index contributed by atoms with van der Waals surface area (Å²) in [6, 6.07) is -0.366. The van der Waals surface area contributed by atoms with Gasteiger partial charge in [-0.1, -0.05) is 6.42 Å². The third kappa shape index (κ3) is 3.88. The summed E-state index contributed by atoms with van der Waals surface area (Å²) in [4.78, 5) is 1.80. The molecule has 2 rings (SSSR count). The second-order valence-electron chi connectivity index (χ2n) is 6.51. The first-order valence-electron chi connectivity index (χ1n) is 7.55. The number of aliphatic hydroxyl groups excluding tert-OH is 3. The van der Waals surface area contributed by atoms with Crippen LogP contribution in [-0.2, 0) is 0 Å². The van der Waals surface area contributed by atoms with Gasteiger partial charge in [0.1, 0.15) is 6.10 Å². The summed E-state index contributed by atoms with van der Waals surface area (Å²) >= 11 is 0. The Morgan fingerprint density at radius 2 is 1.76 bits per heavy atom. The van der Waals surface area contributed by atoms with Crippen LogP contribution < -0.4 is 0 Å². The predicted octanol–water partition coefficient (Wildman–Crippen LogP) is 1.14. The fourth-order valence-electron chi connectivity index (χ4n) is 3.57. The van der Waals surface area contributed by atoms with Crippen molar-refractivity contribution in [3.05, 3.63) is 0 Å². The SMILES string of the molecule is C[C@@H]1[C@@H](O)[C@H](O)[C@@H](O)CN1C[C@H]1CCC[C@H](C(F)(F)F)C1. The van der Waals surface area contributed by atoms with E-state index in [4.69, 9.17) is 0 Å². The molecule has 6 atom stereocenters. The van der Waals surface area contributed by atoms with Gasteiger partial charge in [0, 0.05) is 19.1 Å². The lowest BCUT2D eigenvalue weighted by molar-refractivity contribution is -0.187. The number of likely N-dealkylation sites (tertiary alicyclic amines) is 1. The molecule has 3 N–H and O–H groups in total. The number of aliphatic hydroxyl groups is 3. The van der Waals surface area contributed by atoms with Crippen molar-refractivity contribution in [2.24, 2.45) is 11.8 Å². The van der Waals surface area contributed by atoms with E-state index in [2.05, 4.69) is 0 Å². The van der Waals surface area contributed by atoms with Gasteiger partial charge >= 0.3 is 6.18 Å². The normalized spacial score (nSPS) is 43.0. The first-order chi connectivity index (χ1) is 9.70. The number of piperidine rings is 1. The summed E-state index contributed by atoms with van der Waals surface area (Å²) in [7, 11) is 0. The zero-order chi connectivity index (χ0) is 15.8. The molecular formula is C14H24F3NO3. The molecule has 0 aromatic heterocycles. The minimum absolute atomic E-state index is 0.0810. The molecule has 0 bridgehead atoms. The number of rotatable bonds is 2. The molecule has 2 fully saturated rings. The van der Waals surface area contributed by atoms with E-state index in [1.807, 2.05) is 0 Å². The molecular weight excluding hydrogens is 287 g/mol. The lowest BCUT2D eigenvalue weighted by atomic mass is 9.80. The monoisotopic (exact) mass is 311 g/mol. The van der Waals surface area contributed by atoms with E-state index in [0.717, 1.165) is 6.42 Å². The molecule has 1 saturated heterocycles. The van der Waals surface area contributed by atoms with Gasteiger partial charge in [-0.2, -0.15) is 13.2 Å². The Morgan fingerprint density at radius 3 is 2.38 bits per heavy atom. The van der Waals surface area contributed by atoms with Crippen LogP contribution in [0.1, 0.15) is 32.6 Å². The zero-order valence-electron chi connectivity index (χ0n) is 12.1. The molecule has 4 nitrogen and oxygen atoms in total. The van der Waals surface area contributed by atoms with Crippen LogP contribution in [0.25, 0.3) is 0 Å². The molecule has 2 aliphatic rings. The van der Waals surface area contributed by atoms with Crippen molar-refractivity contribution in [1.82, 2.24) is 4.90 Å². The summed E-state index contributed by atoms with van der Waals surface area (Å²) in [5.41, 5.74) is 0. The molecule has 7 heteroatoms. The largest absolute Gasteiger partial charge is 0.391 e. The van der Waals surface area contributed by atoms with Gasteiger partial charge in [0.25, 0.3) is 0 Å². The van der Waals surface area contributed by atoms with Crippen LogP contribution in [0, 0.1) is 11.8 Å². The number of alkyl halides is 3. The summed E-state index contributed by atoms with van der Waals surface area (Å²) in [6.07, 6.45) is -5.85. The third-order valence-electron chi connectivity index (χ3n) is 4.97. The molecule has 1 aliphatic heterocycles. The van der Waals surface area contributed by atoms with Crippen LogP contribution in [0.3, 0.4) is 0 Å². The van der Waals surface area contributed by atoms with E-state index in [9.17, 15) is 28.5 Å². The Balaban J connectivity index is 1.94. The number of nitrogens with zero attached hydrogens (tertiary/aromatic N) is 1. The fraction of sp³-hybridized carbons (Fsp3) is 1.00. The number of hydrogen-bond acceptors (Lipinski definition) is 4. The Bertz CT molecular complexity index is 353. The topological polar surface area (TPSA) is 63.9 Å². The lowest BCUT2D eigenvalue weighted by Gasteiger charge is -2.44. The van der Waals surface area contributed by atoms with Crippen LogP contribution >= 0.6 is 0 Å². The summed E-state index contributed by atoms with van der Waals surface area (Å²) in [6.45, 7) is 2.34. The van der Waals surface area contributed by atoms with Gasteiger partial charge in [-0.25, -0.2) is 0 Å². The molecule has 0 radical (unpaired) electrons. The van der Waals surface area contributed by atoms with E-state index >= 15 is 0 Å². The summed E-state index contributed by atoms with van der Waals surface area (Å²) in [5.74, 6) is -1.32. The van der Waals surface area contributed by atoms with Crippen molar-refractivity contribution in [2.75, 3.05) is 13.1 Å². The maximum absolute atomic E-state index is 12.8. The Hall–Kier alpha value is -0.370. The van der Waals surface area contributed by atoms with Crippen LogP contribution in [-0.4, -0.2) is 63.8 Å². The summed E-state index contributed by atoms with van der Waals surface area (Å²) in [5, 5.41) is 29.2. The van der Waals surface area contributed by atoms with Crippen molar-refractivity contribution in [3.63, 3.8) is 0 Å². The number of hydrogen-bond donors (Lipinski definition) is 3. The van der Waals surface area contributed by atoms with Crippen molar-refractivity contribution in [3.8, 4) is 0 Å². The quantitative estimate of drug-likeness (QED) is 0.716. The van der Waals surface area contributed by atoms with Crippen LogP contribution in [0.4, 0.5) is 13.2 Å². The lowest BCUT2D eigenvalue weighted by Crippen LogP contribution is -2.61. The third-order valence-corrected chi connectivity index (χ3v) is 4.97. The van der Waals surface area contributed by atoms with Crippen molar-refractivity contribution < 1.29 is 28.5 Å². The molecule has 0 aromatic carbocycles. The molecule has 1 heterocycles. The minimum atomic E-state index is -4.14. The first-order valence-corrected chi connectivity index (χ1v) is 7.55. The molecule has 124 valence electrons. The second kappa shape index (κ2) is 6.40. The fourth-order valence-corrected chi connectivity index (χ4v) is 3.57. The molecule has 1 aliphatic carbocycles. The highest BCUT2D eigenvalue weighted by molar-refractivity contribution is 4.93. The van der Waals surface area contributed by atoms with Crippen LogP contribution in [0.2, 0.25) is 0 Å². The summed E-state index contributed by atoms with van der Waals surface area (Å²) < 4.78 is 38.5. The van der Waals surface area contributed by atoms with Crippen molar-refractivity contribution in [2.45, 2.75) is 63.1 Å². The average molecular weight is 311 g/mol.